The molecule has 0 bridgehead atoms. The van der Waals surface area contributed by atoms with Crippen molar-refractivity contribution in [2.45, 2.75) is 0 Å². The number of nitrogens with one attached hydrogen (secondary N) is 1. The summed E-state index contributed by atoms with van der Waals surface area (Å²) in [7, 11) is 0. The summed E-state index contributed by atoms with van der Waals surface area (Å²) in [6, 6.07) is 16.0. The summed E-state index contributed by atoms with van der Waals surface area (Å²) in [6.45, 7) is 0. The second-order valence-corrected chi connectivity index (χ2v) is 6.51. The van der Waals surface area contributed by atoms with Gasteiger partial charge in [-0.05, 0) is 30.3 Å². The van der Waals surface area contributed by atoms with Crippen molar-refractivity contribution in [2.75, 3.05) is 0 Å². The summed E-state index contributed by atoms with van der Waals surface area (Å²) in [6.07, 6.45) is 4.43. The van der Waals surface area contributed by atoms with Gasteiger partial charge < -0.3 is 5.11 Å². The van der Waals surface area contributed by atoms with Crippen LogP contribution in [0.4, 0.5) is 5.69 Å². The Morgan fingerprint density at radius 3 is 2.65 bits per heavy atom. The van der Waals surface area contributed by atoms with E-state index in [1.165, 1.54) is 12.1 Å². The number of hydrogen-bond donors (Lipinski definition) is 2. The van der Waals surface area contributed by atoms with Crippen molar-refractivity contribution in [1.29, 1.82) is 0 Å². The first-order valence-corrected chi connectivity index (χ1v) is 9.14. The number of aromatic nitrogens is 2. The highest BCUT2D eigenvalue weighted by molar-refractivity contribution is 6.07. The Bertz CT molecular complexity index is 1320. The number of aromatic hydroxyl groups is 1. The van der Waals surface area contributed by atoms with E-state index < -0.39 is 10.8 Å². The van der Waals surface area contributed by atoms with E-state index in [0.717, 1.165) is 17.8 Å². The lowest BCUT2D eigenvalue weighted by Gasteiger charge is -2.09. The summed E-state index contributed by atoms with van der Waals surface area (Å²) >= 11 is 0. The van der Waals surface area contributed by atoms with E-state index in [-0.39, 0.29) is 17.0 Å². The topological polar surface area (TPSA) is 131 Å². The molecular formula is C22H15N5O4. The van der Waals surface area contributed by atoms with Crippen LogP contribution >= 0.6 is 0 Å². The lowest BCUT2D eigenvalue weighted by molar-refractivity contribution is -0.384. The number of phenols is 1. The van der Waals surface area contributed by atoms with Gasteiger partial charge in [0, 0.05) is 41.0 Å². The SMILES string of the molecule is O=C(N/N=C/c1cc([N+](=O)[O-])ccc1O)c1cc(-c2ccncc2)nc2ccccc12. The number of carbonyl (C=O) groups is 1. The minimum atomic E-state index is -0.584. The largest absolute Gasteiger partial charge is 0.507 e. The normalized spacial score (nSPS) is 11.0. The molecule has 2 aromatic carbocycles. The molecular weight excluding hydrogens is 398 g/mol. The van der Waals surface area contributed by atoms with Gasteiger partial charge in [0.15, 0.2) is 0 Å². The number of fused-ring (bicyclic) bond motifs is 1. The fourth-order valence-corrected chi connectivity index (χ4v) is 3.01. The zero-order chi connectivity index (χ0) is 21.8. The van der Waals surface area contributed by atoms with E-state index in [0.29, 0.717) is 22.2 Å². The standard InChI is InChI=1S/C22H15N5O4/c28-21-6-5-16(27(30)31)11-15(21)13-24-26-22(29)18-12-20(14-7-9-23-10-8-14)25-19-4-2-1-3-17(18)19/h1-13,28H,(H,26,29)/b24-13+. The van der Waals surface area contributed by atoms with Crippen LogP contribution in [0.5, 0.6) is 5.75 Å². The van der Waals surface area contributed by atoms with Crippen LogP contribution < -0.4 is 5.43 Å². The molecule has 0 spiro atoms. The van der Waals surface area contributed by atoms with E-state index in [1.54, 1.807) is 48.8 Å². The van der Waals surface area contributed by atoms with Gasteiger partial charge in [-0.1, -0.05) is 18.2 Å². The van der Waals surface area contributed by atoms with Gasteiger partial charge in [0.2, 0.25) is 0 Å². The molecule has 0 aliphatic rings. The summed E-state index contributed by atoms with van der Waals surface area (Å²) in [4.78, 5) is 31.8. The van der Waals surface area contributed by atoms with Crippen molar-refractivity contribution >= 4 is 28.7 Å². The molecule has 4 aromatic rings. The predicted octanol–water partition coefficient (Wildman–Crippen LogP) is 3.67. The molecule has 0 unspecified atom stereocenters. The molecule has 9 nitrogen and oxygen atoms in total. The van der Waals surface area contributed by atoms with Crippen LogP contribution in [0, 0.1) is 10.1 Å². The van der Waals surface area contributed by atoms with Gasteiger partial charge in [0.25, 0.3) is 11.6 Å². The van der Waals surface area contributed by atoms with Crippen LogP contribution in [0.3, 0.4) is 0 Å². The molecule has 0 fully saturated rings. The van der Waals surface area contributed by atoms with Crippen LogP contribution in [0.1, 0.15) is 15.9 Å². The van der Waals surface area contributed by atoms with Crippen molar-refractivity contribution in [1.82, 2.24) is 15.4 Å². The Balaban J connectivity index is 1.66. The summed E-state index contributed by atoms with van der Waals surface area (Å²) in [5.41, 5.74) is 4.71. The molecule has 0 aliphatic carbocycles. The van der Waals surface area contributed by atoms with Crippen molar-refractivity contribution in [3.63, 3.8) is 0 Å². The summed E-state index contributed by atoms with van der Waals surface area (Å²) in [5, 5.41) is 25.3. The number of amides is 1. The van der Waals surface area contributed by atoms with E-state index in [1.807, 2.05) is 6.07 Å². The van der Waals surface area contributed by atoms with Gasteiger partial charge in [0.05, 0.1) is 27.9 Å². The summed E-state index contributed by atoms with van der Waals surface area (Å²) in [5.74, 6) is -0.687. The molecule has 9 heteroatoms. The maximum absolute atomic E-state index is 12.9. The molecule has 31 heavy (non-hydrogen) atoms. The van der Waals surface area contributed by atoms with Crippen LogP contribution in [-0.2, 0) is 0 Å². The molecule has 0 atom stereocenters. The second-order valence-electron chi connectivity index (χ2n) is 6.51. The number of nitrogens with zero attached hydrogens (tertiary/aromatic N) is 4. The highest BCUT2D eigenvalue weighted by atomic mass is 16.6. The third-order valence-corrected chi connectivity index (χ3v) is 4.53. The first-order valence-electron chi connectivity index (χ1n) is 9.14. The van der Waals surface area contributed by atoms with E-state index in [9.17, 15) is 20.0 Å². The number of pyridine rings is 2. The minimum absolute atomic E-state index is 0.103. The molecule has 2 N–H and O–H groups in total. The number of benzene rings is 2. The van der Waals surface area contributed by atoms with Gasteiger partial charge in [-0.15, -0.1) is 0 Å². The van der Waals surface area contributed by atoms with Crippen LogP contribution in [0.15, 0.2) is 78.2 Å². The molecule has 2 heterocycles. The van der Waals surface area contributed by atoms with Crippen LogP contribution in [-0.4, -0.2) is 32.1 Å². The molecule has 0 saturated heterocycles. The van der Waals surface area contributed by atoms with Gasteiger partial charge in [-0.2, -0.15) is 5.10 Å². The van der Waals surface area contributed by atoms with Crippen molar-refractivity contribution in [3.8, 4) is 17.0 Å². The van der Waals surface area contributed by atoms with Crippen LogP contribution in [0.2, 0.25) is 0 Å². The van der Waals surface area contributed by atoms with Gasteiger partial charge in [-0.25, -0.2) is 10.4 Å². The average molecular weight is 413 g/mol. The lowest BCUT2D eigenvalue weighted by Crippen LogP contribution is -2.18. The van der Waals surface area contributed by atoms with E-state index in [2.05, 4.69) is 20.5 Å². The van der Waals surface area contributed by atoms with E-state index in [4.69, 9.17) is 0 Å². The van der Waals surface area contributed by atoms with E-state index >= 15 is 0 Å². The van der Waals surface area contributed by atoms with Gasteiger partial charge in [-0.3, -0.25) is 19.9 Å². The number of phenolic OH excluding ortho intramolecular Hbond substituents is 1. The number of nitro benzene ring substituents is 1. The Kier molecular flexibility index (Phi) is 5.31. The zero-order valence-corrected chi connectivity index (χ0v) is 16.0. The first kappa shape index (κ1) is 19.6. The number of rotatable bonds is 5. The van der Waals surface area contributed by atoms with Crippen molar-refractivity contribution in [3.05, 3.63) is 94.3 Å². The fraction of sp³-hybridized carbons (Fsp3) is 0. The molecule has 4 rings (SSSR count). The molecule has 0 saturated carbocycles. The monoisotopic (exact) mass is 413 g/mol. The zero-order valence-electron chi connectivity index (χ0n) is 16.0. The Hall–Kier alpha value is -4.66. The number of nitro groups is 1. The fourth-order valence-electron chi connectivity index (χ4n) is 3.01. The third kappa shape index (κ3) is 4.20. The third-order valence-electron chi connectivity index (χ3n) is 4.53. The van der Waals surface area contributed by atoms with Crippen molar-refractivity contribution < 1.29 is 14.8 Å². The summed E-state index contributed by atoms with van der Waals surface area (Å²) < 4.78 is 0. The maximum atomic E-state index is 12.9. The van der Waals surface area contributed by atoms with Crippen molar-refractivity contribution in [2.24, 2.45) is 5.10 Å². The lowest BCUT2D eigenvalue weighted by atomic mass is 10.0. The Morgan fingerprint density at radius 1 is 1.10 bits per heavy atom. The molecule has 152 valence electrons. The van der Waals surface area contributed by atoms with Gasteiger partial charge >= 0.3 is 0 Å². The highest BCUT2D eigenvalue weighted by Gasteiger charge is 2.14. The predicted molar refractivity (Wildman–Crippen MR) is 115 cm³/mol. The van der Waals surface area contributed by atoms with Crippen LogP contribution in [0.25, 0.3) is 22.2 Å². The Labute approximate surface area is 175 Å². The number of non-ortho nitro benzene ring substituents is 1. The number of hydrazone groups is 1. The van der Waals surface area contributed by atoms with Gasteiger partial charge in [0.1, 0.15) is 5.75 Å². The number of hydrogen-bond acceptors (Lipinski definition) is 7. The Morgan fingerprint density at radius 2 is 1.87 bits per heavy atom. The molecule has 0 aliphatic heterocycles. The average Bonchev–Trinajstić information content (AvgIpc) is 2.79. The molecule has 0 radical (unpaired) electrons. The quantitative estimate of drug-likeness (QED) is 0.292. The number of para-hydroxylation sites is 1. The smallest absolute Gasteiger partial charge is 0.272 e. The maximum Gasteiger partial charge on any atom is 0.272 e. The second kappa shape index (κ2) is 8.37. The molecule has 1 amide bonds. The minimum Gasteiger partial charge on any atom is -0.507 e. The first-order chi connectivity index (χ1) is 15.0. The number of carbonyl (C=O) groups excluding carboxylic acids is 1. The highest BCUT2D eigenvalue weighted by Crippen LogP contribution is 2.25. The molecule has 2 aromatic heterocycles.